The summed E-state index contributed by atoms with van der Waals surface area (Å²) in [7, 11) is 0. The van der Waals surface area contributed by atoms with Crippen LogP contribution in [0.5, 0.6) is 5.75 Å². The largest absolute Gasteiger partial charge is 0.492 e. The van der Waals surface area contributed by atoms with E-state index in [1.807, 2.05) is 36.4 Å². The molecule has 156 valence electrons. The summed E-state index contributed by atoms with van der Waals surface area (Å²) in [5.41, 5.74) is 1.89. The Bertz CT molecular complexity index is 1030. The zero-order valence-electron chi connectivity index (χ0n) is 16.9. The van der Waals surface area contributed by atoms with Crippen molar-refractivity contribution in [1.82, 2.24) is 9.88 Å². The van der Waals surface area contributed by atoms with Crippen molar-refractivity contribution >= 4 is 34.0 Å². The van der Waals surface area contributed by atoms with Gasteiger partial charge >= 0.3 is 0 Å². The number of amides is 1. The van der Waals surface area contributed by atoms with Gasteiger partial charge in [-0.2, -0.15) is 0 Å². The number of carbonyl (C=O) groups excluding carboxylic acids is 1. The molecule has 0 unspecified atom stereocenters. The van der Waals surface area contributed by atoms with Crippen molar-refractivity contribution in [1.29, 1.82) is 0 Å². The van der Waals surface area contributed by atoms with Crippen LogP contribution in [0.1, 0.15) is 16.1 Å². The molecule has 0 spiro atoms. The van der Waals surface area contributed by atoms with Crippen LogP contribution in [0.4, 0.5) is 5.69 Å². The standard InChI is InChI=1S/C23H24ClN3O3/c1-16-14-17(15-22(24)25-16)23(28)26-20-6-7-21(19-5-3-2-4-18(19)20)30-13-10-27-8-11-29-12-9-27/h2-7,14-15H,8-13H2,1H3,(H,26,28). The molecule has 2 heterocycles. The second kappa shape index (κ2) is 9.43. The number of nitrogens with one attached hydrogen (secondary N) is 1. The van der Waals surface area contributed by atoms with E-state index in [0.717, 1.165) is 55.1 Å². The van der Waals surface area contributed by atoms with Gasteiger partial charge in [-0.25, -0.2) is 4.98 Å². The number of morpholine rings is 1. The molecule has 1 aliphatic rings. The van der Waals surface area contributed by atoms with Gasteiger partial charge in [0, 0.05) is 47.4 Å². The smallest absolute Gasteiger partial charge is 0.255 e. The number of nitrogens with zero attached hydrogens (tertiary/aromatic N) is 2. The number of anilines is 1. The van der Waals surface area contributed by atoms with E-state index in [2.05, 4.69) is 15.2 Å². The maximum atomic E-state index is 12.7. The summed E-state index contributed by atoms with van der Waals surface area (Å²) in [5, 5.41) is 5.17. The minimum Gasteiger partial charge on any atom is -0.492 e. The zero-order chi connectivity index (χ0) is 20.9. The van der Waals surface area contributed by atoms with Crippen molar-refractivity contribution in [2.75, 3.05) is 44.8 Å². The van der Waals surface area contributed by atoms with Crippen LogP contribution in [0.3, 0.4) is 0 Å². The molecular formula is C23H24ClN3O3. The van der Waals surface area contributed by atoms with Crippen LogP contribution in [-0.4, -0.2) is 55.2 Å². The number of carbonyl (C=O) groups is 1. The molecular weight excluding hydrogens is 402 g/mol. The lowest BCUT2D eigenvalue weighted by Gasteiger charge is -2.26. The summed E-state index contributed by atoms with van der Waals surface area (Å²) in [6.45, 7) is 6.70. The molecule has 4 rings (SSSR count). The van der Waals surface area contributed by atoms with E-state index in [9.17, 15) is 4.79 Å². The molecule has 0 radical (unpaired) electrons. The molecule has 0 aliphatic carbocycles. The second-order valence-electron chi connectivity index (χ2n) is 7.23. The van der Waals surface area contributed by atoms with Crippen LogP contribution in [-0.2, 0) is 4.74 Å². The van der Waals surface area contributed by atoms with Crippen molar-refractivity contribution in [2.45, 2.75) is 6.92 Å². The molecule has 1 saturated heterocycles. The van der Waals surface area contributed by atoms with Crippen LogP contribution in [0.25, 0.3) is 10.8 Å². The number of halogens is 1. The van der Waals surface area contributed by atoms with Gasteiger partial charge in [0.05, 0.1) is 13.2 Å². The van der Waals surface area contributed by atoms with Gasteiger partial charge in [-0.05, 0) is 31.2 Å². The summed E-state index contributed by atoms with van der Waals surface area (Å²) < 4.78 is 11.5. The number of rotatable bonds is 6. The fourth-order valence-corrected chi connectivity index (χ4v) is 3.82. The van der Waals surface area contributed by atoms with E-state index >= 15 is 0 Å². The fraction of sp³-hybridized carbons (Fsp3) is 0.304. The lowest BCUT2D eigenvalue weighted by atomic mass is 10.1. The molecule has 1 amide bonds. The second-order valence-corrected chi connectivity index (χ2v) is 7.62. The number of fused-ring (bicyclic) bond motifs is 1. The Morgan fingerprint density at radius 2 is 1.93 bits per heavy atom. The Hall–Kier alpha value is -2.67. The van der Waals surface area contributed by atoms with E-state index in [1.165, 1.54) is 0 Å². The van der Waals surface area contributed by atoms with E-state index in [0.29, 0.717) is 23.0 Å². The van der Waals surface area contributed by atoms with Crippen molar-refractivity contribution in [3.63, 3.8) is 0 Å². The predicted octanol–water partition coefficient (Wildman–Crippen LogP) is 4.16. The first kappa shape index (κ1) is 20.6. The van der Waals surface area contributed by atoms with Crippen LogP contribution in [0.15, 0.2) is 48.5 Å². The van der Waals surface area contributed by atoms with E-state index in [1.54, 1.807) is 19.1 Å². The van der Waals surface area contributed by atoms with Crippen LogP contribution in [0, 0.1) is 6.92 Å². The van der Waals surface area contributed by atoms with Gasteiger partial charge in [0.15, 0.2) is 0 Å². The quantitative estimate of drug-likeness (QED) is 0.601. The molecule has 7 heteroatoms. The fourth-order valence-electron chi connectivity index (χ4n) is 3.57. The minimum absolute atomic E-state index is 0.228. The molecule has 0 saturated carbocycles. The molecule has 3 aromatic rings. The van der Waals surface area contributed by atoms with Crippen molar-refractivity contribution in [2.24, 2.45) is 0 Å². The van der Waals surface area contributed by atoms with Crippen molar-refractivity contribution in [3.05, 3.63) is 64.9 Å². The molecule has 6 nitrogen and oxygen atoms in total. The zero-order valence-corrected chi connectivity index (χ0v) is 17.6. The first-order valence-corrected chi connectivity index (χ1v) is 10.4. The number of ether oxygens (including phenoxy) is 2. The molecule has 0 atom stereocenters. The average molecular weight is 426 g/mol. The molecule has 1 aliphatic heterocycles. The van der Waals surface area contributed by atoms with Crippen molar-refractivity contribution in [3.8, 4) is 5.75 Å². The maximum Gasteiger partial charge on any atom is 0.255 e. The highest BCUT2D eigenvalue weighted by molar-refractivity contribution is 6.30. The van der Waals surface area contributed by atoms with Gasteiger partial charge in [-0.3, -0.25) is 9.69 Å². The number of pyridine rings is 1. The minimum atomic E-state index is -0.228. The van der Waals surface area contributed by atoms with Crippen LogP contribution >= 0.6 is 11.6 Å². The highest BCUT2D eigenvalue weighted by atomic mass is 35.5. The molecule has 1 fully saturated rings. The number of benzene rings is 2. The SMILES string of the molecule is Cc1cc(C(=O)Nc2ccc(OCCN3CCOCC3)c3ccccc23)cc(Cl)n1. The third kappa shape index (κ3) is 4.90. The van der Waals surface area contributed by atoms with Gasteiger partial charge in [-0.15, -0.1) is 0 Å². The topological polar surface area (TPSA) is 63.7 Å². The third-order valence-corrected chi connectivity index (χ3v) is 5.28. The predicted molar refractivity (Wildman–Crippen MR) is 119 cm³/mol. The highest BCUT2D eigenvalue weighted by Crippen LogP contribution is 2.32. The maximum absolute atomic E-state index is 12.7. The number of aromatic nitrogens is 1. The Morgan fingerprint density at radius 1 is 1.17 bits per heavy atom. The Morgan fingerprint density at radius 3 is 2.70 bits per heavy atom. The molecule has 2 aromatic carbocycles. The van der Waals surface area contributed by atoms with Gasteiger partial charge in [0.2, 0.25) is 0 Å². The monoisotopic (exact) mass is 425 g/mol. The lowest BCUT2D eigenvalue weighted by molar-refractivity contribution is 0.0323. The van der Waals surface area contributed by atoms with Gasteiger partial charge in [-0.1, -0.05) is 35.9 Å². The Kier molecular flexibility index (Phi) is 6.47. The first-order chi connectivity index (χ1) is 14.6. The molecule has 1 N–H and O–H groups in total. The Balaban J connectivity index is 1.50. The summed E-state index contributed by atoms with van der Waals surface area (Å²) >= 11 is 6.00. The Labute approximate surface area is 180 Å². The van der Waals surface area contributed by atoms with Gasteiger partial charge in [0.25, 0.3) is 5.91 Å². The van der Waals surface area contributed by atoms with E-state index < -0.39 is 0 Å². The lowest BCUT2D eigenvalue weighted by Crippen LogP contribution is -2.38. The third-order valence-electron chi connectivity index (χ3n) is 5.09. The molecule has 0 bridgehead atoms. The van der Waals surface area contributed by atoms with Crippen molar-refractivity contribution < 1.29 is 14.3 Å². The highest BCUT2D eigenvalue weighted by Gasteiger charge is 2.14. The molecule has 30 heavy (non-hydrogen) atoms. The summed E-state index contributed by atoms with van der Waals surface area (Å²) in [6, 6.07) is 15.0. The number of hydrogen-bond acceptors (Lipinski definition) is 5. The number of aryl methyl sites for hydroxylation is 1. The summed E-state index contributed by atoms with van der Waals surface area (Å²) in [5.74, 6) is 0.577. The van der Waals surface area contributed by atoms with Gasteiger partial charge in [0.1, 0.15) is 17.5 Å². The van der Waals surface area contributed by atoms with Gasteiger partial charge < -0.3 is 14.8 Å². The van der Waals surface area contributed by atoms with Crippen LogP contribution < -0.4 is 10.1 Å². The van der Waals surface area contributed by atoms with E-state index in [-0.39, 0.29) is 5.91 Å². The number of hydrogen-bond donors (Lipinski definition) is 1. The van der Waals surface area contributed by atoms with E-state index in [4.69, 9.17) is 21.1 Å². The normalized spacial score (nSPS) is 14.6. The average Bonchev–Trinajstić information content (AvgIpc) is 2.75. The first-order valence-electron chi connectivity index (χ1n) is 10.0. The summed E-state index contributed by atoms with van der Waals surface area (Å²) in [4.78, 5) is 19.2. The van der Waals surface area contributed by atoms with Crippen LogP contribution in [0.2, 0.25) is 5.15 Å². The molecule has 1 aromatic heterocycles. The summed E-state index contributed by atoms with van der Waals surface area (Å²) in [6.07, 6.45) is 0.